The lowest BCUT2D eigenvalue weighted by Crippen LogP contribution is -2.18. The van der Waals surface area contributed by atoms with Gasteiger partial charge >= 0.3 is 0 Å². The van der Waals surface area contributed by atoms with Gasteiger partial charge in [-0.3, -0.25) is 9.59 Å². The number of nitrogens with one attached hydrogen (secondary N) is 2. The van der Waals surface area contributed by atoms with E-state index in [9.17, 15) is 9.59 Å². The van der Waals surface area contributed by atoms with E-state index in [1.54, 1.807) is 12.3 Å². The van der Waals surface area contributed by atoms with Crippen LogP contribution < -0.4 is 10.2 Å². The Morgan fingerprint density at radius 2 is 1.91 bits per heavy atom. The number of hydrogen-bond donors (Lipinski definition) is 2. The summed E-state index contributed by atoms with van der Waals surface area (Å²) in [5.74, 6) is -0.305. The van der Waals surface area contributed by atoms with Crippen LogP contribution in [0, 0.1) is 6.92 Å². The van der Waals surface area contributed by atoms with Gasteiger partial charge in [0.05, 0.1) is 0 Å². The Hall–Kier alpha value is -2.56. The average Bonchev–Trinajstić information content (AvgIpc) is 3.20. The van der Waals surface area contributed by atoms with Crippen LogP contribution in [0.1, 0.15) is 46.2 Å². The molecule has 0 bridgehead atoms. The Balaban J connectivity index is 1.73. The molecule has 2 aromatic rings. The number of rotatable bonds is 4. The molecule has 0 saturated carbocycles. The number of benzene rings is 1. The number of hydrogen-bond acceptors (Lipinski definition) is 3. The van der Waals surface area contributed by atoms with Crippen molar-refractivity contribution in [1.82, 2.24) is 4.98 Å². The van der Waals surface area contributed by atoms with E-state index in [0.29, 0.717) is 11.3 Å². The van der Waals surface area contributed by atoms with E-state index < -0.39 is 0 Å². The van der Waals surface area contributed by atoms with Crippen LogP contribution in [0.4, 0.5) is 11.4 Å². The summed E-state index contributed by atoms with van der Waals surface area (Å²) in [5, 5.41) is 2.90. The van der Waals surface area contributed by atoms with Crippen molar-refractivity contribution < 1.29 is 9.59 Å². The van der Waals surface area contributed by atoms with E-state index in [0.717, 1.165) is 24.3 Å². The number of aromatic amines is 1. The summed E-state index contributed by atoms with van der Waals surface area (Å²) in [4.78, 5) is 28.8. The van der Waals surface area contributed by atoms with Crippen LogP contribution in [-0.2, 0) is 0 Å². The van der Waals surface area contributed by atoms with Crippen molar-refractivity contribution in [2.45, 2.75) is 26.7 Å². The summed E-state index contributed by atoms with van der Waals surface area (Å²) < 4.78 is 0. The Morgan fingerprint density at radius 3 is 2.52 bits per heavy atom. The molecule has 0 unspecified atom stereocenters. The zero-order valence-electron chi connectivity index (χ0n) is 13.5. The van der Waals surface area contributed by atoms with Crippen LogP contribution >= 0.6 is 0 Å². The molecule has 1 aromatic carbocycles. The summed E-state index contributed by atoms with van der Waals surface area (Å²) in [5.41, 5.74) is 3.92. The molecule has 0 aliphatic carbocycles. The average molecular weight is 311 g/mol. The maximum atomic E-state index is 12.3. The van der Waals surface area contributed by atoms with Gasteiger partial charge < -0.3 is 15.2 Å². The zero-order chi connectivity index (χ0) is 16.4. The molecule has 1 saturated heterocycles. The highest BCUT2D eigenvalue weighted by atomic mass is 16.2. The topological polar surface area (TPSA) is 65.2 Å². The molecule has 1 aromatic heterocycles. The summed E-state index contributed by atoms with van der Waals surface area (Å²) in [6, 6.07) is 7.67. The summed E-state index contributed by atoms with van der Waals surface area (Å²) in [6.45, 7) is 5.67. The van der Waals surface area contributed by atoms with Crippen molar-refractivity contribution in [2.24, 2.45) is 0 Å². The van der Waals surface area contributed by atoms with Gasteiger partial charge in [-0.2, -0.15) is 0 Å². The molecule has 1 fully saturated rings. The Morgan fingerprint density at radius 1 is 1.17 bits per heavy atom. The fourth-order valence-electron chi connectivity index (χ4n) is 2.88. The third-order valence-corrected chi connectivity index (χ3v) is 4.26. The van der Waals surface area contributed by atoms with Crippen LogP contribution in [-0.4, -0.2) is 29.8 Å². The van der Waals surface area contributed by atoms with Crippen LogP contribution in [0.15, 0.2) is 30.5 Å². The molecule has 5 heteroatoms. The van der Waals surface area contributed by atoms with Gasteiger partial charge in [0.25, 0.3) is 5.91 Å². The largest absolute Gasteiger partial charge is 0.372 e. The van der Waals surface area contributed by atoms with Crippen LogP contribution in [0.25, 0.3) is 0 Å². The smallest absolute Gasteiger partial charge is 0.272 e. The first-order chi connectivity index (χ1) is 11.0. The van der Waals surface area contributed by atoms with Crippen LogP contribution in [0.2, 0.25) is 0 Å². The van der Waals surface area contributed by atoms with Gasteiger partial charge in [0, 0.05) is 36.2 Å². The fourth-order valence-corrected chi connectivity index (χ4v) is 2.88. The van der Waals surface area contributed by atoms with Gasteiger partial charge in [0.15, 0.2) is 5.78 Å². The lowest BCUT2D eigenvalue weighted by Gasteiger charge is -2.19. The second-order valence-corrected chi connectivity index (χ2v) is 6.01. The zero-order valence-corrected chi connectivity index (χ0v) is 13.5. The van der Waals surface area contributed by atoms with Gasteiger partial charge in [0.2, 0.25) is 0 Å². The molecule has 1 aliphatic heterocycles. The minimum atomic E-state index is -0.241. The van der Waals surface area contributed by atoms with Gasteiger partial charge in [-0.15, -0.1) is 0 Å². The molecule has 23 heavy (non-hydrogen) atoms. The first-order valence-corrected chi connectivity index (χ1v) is 7.91. The molecule has 0 radical (unpaired) electrons. The highest BCUT2D eigenvalue weighted by molar-refractivity contribution is 6.05. The highest BCUT2D eigenvalue weighted by Crippen LogP contribution is 2.25. The first-order valence-electron chi connectivity index (χ1n) is 7.91. The van der Waals surface area contributed by atoms with Crippen LogP contribution in [0.3, 0.4) is 0 Å². The molecule has 1 aliphatic rings. The molecular weight excluding hydrogens is 290 g/mol. The predicted octanol–water partition coefficient (Wildman–Crippen LogP) is 3.38. The maximum absolute atomic E-state index is 12.3. The quantitative estimate of drug-likeness (QED) is 0.851. The number of ketones is 1. The third-order valence-electron chi connectivity index (χ3n) is 4.26. The lowest BCUT2D eigenvalue weighted by molar-refractivity contribution is 0.101. The number of aryl methyl sites for hydroxylation is 1. The van der Waals surface area contributed by atoms with E-state index in [1.807, 2.05) is 19.1 Å². The predicted molar refractivity (Wildman–Crippen MR) is 91.4 cm³/mol. The van der Waals surface area contributed by atoms with E-state index in [1.165, 1.54) is 25.5 Å². The standard InChI is InChI=1S/C18H21N3O2/c1-12-9-15(21-7-3-4-8-21)5-6-16(12)20-18(23)17-10-14(11-19-17)13(2)22/h5-6,9-11,19H,3-4,7-8H2,1-2H3,(H,20,23). The third kappa shape index (κ3) is 3.28. The van der Waals surface area contributed by atoms with E-state index in [2.05, 4.69) is 21.3 Å². The molecule has 2 N–H and O–H groups in total. The molecular formula is C18H21N3O2. The number of anilines is 2. The molecule has 2 heterocycles. The monoisotopic (exact) mass is 311 g/mol. The van der Waals surface area contributed by atoms with E-state index in [-0.39, 0.29) is 11.7 Å². The number of H-pyrrole nitrogens is 1. The maximum Gasteiger partial charge on any atom is 0.272 e. The van der Waals surface area contributed by atoms with Crippen molar-refractivity contribution in [1.29, 1.82) is 0 Å². The van der Waals surface area contributed by atoms with Crippen molar-refractivity contribution >= 4 is 23.1 Å². The lowest BCUT2D eigenvalue weighted by atomic mass is 10.1. The van der Waals surface area contributed by atoms with Gasteiger partial charge in [-0.05, 0) is 56.5 Å². The number of nitrogens with zero attached hydrogens (tertiary/aromatic N) is 1. The summed E-state index contributed by atoms with van der Waals surface area (Å²) >= 11 is 0. The number of carbonyl (C=O) groups excluding carboxylic acids is 2. The molecule has 0 spiro atoms. The Bertz CT molecular complexity index is 742. The Kier molecular flexibility index (Phi) is 4.19. The van der Waals surface area contributed by atoms with Crippen LogP contribution in [0.5, 0.6) is 0 Å². The van der Waals surface area contributed by atoms with E-state index in [4.69, 9.17) is 0 Å². The van der Waals surface area contributed by atoms with Gasteiger partial charge in [-0.25, -0.2) is 0 Å². The highest BCUT2D eigenvalue weighted by Gasteiger charge is 2.15. The number of Topliss-reactive ketones (excluding diaryl/α,β-unsaturated/α-hetero) is 1. The van der Waals surface area contributed by atoms with Crippen molar-refractivity contribution in [3.8, 4) is 0 Å². The number of carbonyl (C=O) groups is 2. The van der Waals surface area contributed by atoms with Crippen molar-refractivity contribution in [3.05, 3.63) is 47.3 Å². The number of amides is 1. The molecule has 3 rings (SSSR count). The summed E-state index contributed by atoms with van der Waals surface area (Å²) in [6.07, 6.45) is 4.03. The van der Waals surface area contributed by atoms with Gasteiger partial charge in [0.1, 0.15) is 5.69 Å². The fraction of sp³-hybridized carbons (Fsp3) is 0.333. The molecule has 0 atom stereocenters. The number of aromatic nitrogens is 1. The minimum Gasteiger partial charge on any atom is -0.372 e. The normalized spacial score (nSPS) is 14.1. The Labute approximate surface area is 135 Å². The van der Waals surface area contributed by atoms with E-state index >= 15 is 0 Å². The second-order valence-electron chi connectivity index (χ2n) is 6.01. The van der Waals surface area contributed by atoms with Gasteiger partial charge in [-0.1, -0.05) is 0 Å². The minimum absolute atomic E-state index is 0.0635. The second kappa shape index (κ2) is 6.28. The SMILES string of the molecule is CC(=O)c1c[nH]c(C(=O)Nc2ccc(N3CCCC3)cc2C)c1. The summed E-state index contributed by atoms with van der Waals surface area (Å²) in [7, 11) is 0. The molecule has 1 amide bonds. The molecule has 5 nitrogen and oxygen atoms in total. The first kappa shape index (κ1) is 15.3. The van der Waals surface area contributed by atoms with Crippen molar-refractivity contribution in [3.63, 3.8) is 0 Å². The van der Waals surface area contributed by atoms with Crippen molar-refractivity contribution in [2.75, 3.05) is 23.3 Å². The molecule has 120 valence electrons.